The van der Waals surface area contributed by atoms with Crippen molar-refractivity contribution in [1.29, 1.82) is 0 Å². The summed E-state index contributed by atoms with van der Waals surface area (Å²) in [5, 5.41) is 0. The summed E-state index contributed by atoms with van der Waals surface area (Å²) in [6, 6.07) is 7.23. The lowest BCUT2D eigenvalue weighted by Crippen LogP contribution is -2.27. The van der Waals surface area contributed by atoms with Crippen LogP contribution in [0, 0.1) is 0 Å². The first-order valence-electron chi connectivity index (χ1n) is 6.49. The molecule has 0 spiro atoms. The molecule has 1 aliphatic rings. The van der Waals surface area contributed by atoms with Gasteiger partial charge in [0.2, 0.25) is 10.0 Å². The van der Waals surface area contributed by atoms with Crippen LogP contribution in [0.4, 0.5) is 0 Å². The molecular weight excluding hydrogens is 296 g/mol. The minimum Gasteiger partial charge on any atom is -0.494 e. The fraction of sp³-hybridized carbons (Fsp3) is 0.462. The van der Waals surface area contributed by atoms with Gasteiger partial charge in [0.25, 0.3) is 0 Å². The van der Waals surface area contributed by atoms with Crippen molar-refractivity contribution in [3.8, 4) is 5.75 Å². The zero-order valence-corrected chi connectivity index (χ0v) is 12.8. The van der Waals surface area contributed by atoms with Gasteiger partial charge in [0.05, 0.1) is 12.4 Å². The minimum atomic E-state index is -3.00. The number of rotatable bonds is 6. The van der Waals surface area contributed by atoms with Crippen LogP contribution in [0.2, 0.25) is 0 Å². The van der Waals surface area contributed by atoms with E-state index in [2.05, 4.69) is 0 Å². The van der Waals surface area contributed by atoms with Crippen LogP contribution in [0.1, 0.15) is 18.4 Å². The molecule has 1 aromatic rings. The number of hydrogen-bond acceptors (Lipinski definition) is 4. The molecule has 0 aromatic heterocycles. The van der Waals surface area contributed by atoms with Crippen LogP contribution >= 0.6 is 12.2 Å². The van der Waals surface area contributed by atoms with Crippen molar-refractivity contribution in [2.24, 2.45) is 5.73 Å². The van der Waals surface area contributed by atoms with Gasteiger partial charge in [-0.3, -0.25) is 0 Å². The van der Waals surface area contributed by atoms with Gasteiger partial charge in [0, 0.05) is 18.7 Å². The van der Waals surface area contributed by atoms with Gasteiger partial charge < -0.3 is 10.5 Å². The number of ether oxygens (including phenoxy) is 1. The Hall–Kier alpha value is -1.18. The number of thiocarbonyl (C=S) groups is 1. The van der Waals surface area contributed by atoms with Crippen molar-refractivity contribution < 1.29 is 13.2 Å². The molecule has 0 aliphatic carbocycles. The van der Waals surface area contributed by atoms with Crippen LogP contribution in [0.3, 0.4) is 0 Å². The number of nitrogens with zero attached hydrogens (tertiary/aromatic N) is 1. The Labute approximate surface area is 124 Å². The Kier molecular flexibility index (Phi) is 4.95. The normalized spacial score (nSPS) is 18.0. The Morgan fingerprint density at radius 3 is 2.60 bits per heavy atom. The number of benzene rings is 1. The second-order valence-electron chi connectivity index (χ2n) is 4.66. The van der Waals surface area contributed by atoms with Gasteiger partial charge in [-0.2, -0.15) is 0 Å². The van der Waals surface area contributed by atoms with E-state index in [9.17, 15) is 8.42 Å². The molecule has 1 fully saturated rings. The lowest BCUT2D eigenvalue weighted by molar-refractivity contribution is 0.292. The van der Waals surface area contributed by atoms with Crippen LogP contribution in [-0.2, 0) is 10.0 Å². The first kappa shape index (κ1) is 15.2. The smallest absolute Gasteiger partial charge is 0.214 e. The van der Waals surface area contributed by atoms with Crippen molar-refractivity contribution in [2.75, 3.05) is 25.4 Å². The summed E-state index contributed by atoms with van der Waals surface area (Å²) in [6.45, 7) is 1.64. The highest BCUT2D eigenvalue weighted by Gasteiger charge is 2.27. The summed E-state index contributed by atoms with van der Waals surface area (Å²) in [6.07, 6.45) is 1.40. The number of sulfonamides is 1. The maximum Gasteiger partial charge on any atom is 0.214 e. The summed E-state index contributed by atoms with van der Waals surface area (Å²) in [7, 11) is -3.00. The van der Waals surface area contributed by atoms with E-state index in [1.54, 1.807) is 12.1 Å². The van der Waals surface area contributed by atoms with Crippen LogP contribution < -0.4 is 10.5 Å². The Bertz CT molecular complexity index is 570. The molecule has 0 saturated carbocycles. The summed E-state index contributed by atoms with van der Waals surface area (Å²) in [5.74, 6) is 1.00. The minimum absolute atomic E-state index is 0.272. The van der Waals surface area contributed by atoms with Crippen LogP contribution in [0.15, 0.2) is 24.3 Å². The molecule has 2 rings (SSSR count). The van der Waals surface area contributed by atoms with Crippen LogP contribution in [-0.4, -0.2) is 43.2 Å². The van der Waals surface area contributed by atoms with Gasteiger partial charge >= 0.3 is 0 Å². The van der Waals surface area contributed by atoms with E-state index in [4.69, 9.17) is 22.7 Å². The SMILES string of the molecule is NC(=S)c1ccc(OCCCN2CCCS2(=O)=O)cc1. The molecule has 110 valence electrons. The second kappa shape index (κ2) is 6.51. The van der Waals surface area contributed by atoms with Crippen molar-refractivity contribution in [1.82, 2.24) is 4.31 Å². The predicted molar refractivity (Wildman–Crippen MR) is 82.4 cm³/mol. The maximum atomic E-state index is 11.6. The summed E-state index contributed by atoms with van der Waals surface area (Å²) in [5.41, 5.74) is 6.31. The number of nitrogens with two attached hydrogens (primary N) is 1. The molecule has 1 aliphatic heterocycles. The highest BCUT2D eigenvalue weighted by Crippen LogP contribution is 2.15. The van der Waals surface area contributed by atoms with E-state index in [-0.39, 0.29) is 5.75 Å². The summed E-state index contributed by atoms with van der Waals surface area (Å²) in [4.78, 5) is 0.357. The van der Waals surface area contributed by atoms with Gasteiger partial charge in [-0.25, -0.2) is 12.7 Å². The fourth-order valence-electron chi connectivity index (χ4n) is 2.09. The van der Waals surface area contributed by atoms with Crippen LogP contribution in [0.5, 0.6) is 5.75 Å². The van der Waals surface area contributed by atoms with Gasteiger partial charge in [-0.15, -0.1) is 0 Å². The lowest BCUT2D eigenvalue weighted by atomic mass is 10.2. The third kappa shape index (κ3) is 3.91. The van der Waals surface area contributed by atoms with Gasteiger partial charge in [0.15, 0.2) is 0 Å². The van der Waals surface area contributed by atoms with Gasteiger partial charge in [-0.1, -0.05) is 12.2 Å². The van der Waals surface area contributed by atoms with Gasteiger partial charge in [0.1, 0.15) is 10.7 Å². The van der Waals surface area contributed by atoms with E-state index in [1.807, 2.05) is 12.1 Å². The van der Waals surface area contributed by atoms with Crippen molar-refractivity contribution in [3.05, 3.63) is 29.8 Å². The standard InChI is InChI=1S/C13H18N2O3S2/c14-13(19)11-3-5-12(6-4-11)18-9-1-7-15-8-2-10-20(15,16)17/h3-6H,1-2,7-10H2,(H2,14,19). The monoisotopic (exact) mass is 314 g/mol. The zero-order valence-electron chi connectivity index (χ0n) is 11.1. The molecule has 0 bridgehead atoms. The van der Waals surface area contributed by atoms with Crippen molar-refractivity contribution in [3.63, 3.8) is 0 Å². The lowest BCUT2D eigenvalue weighted by Gasteiger charge is -2.14. The van der Waals surface area contributed by atoms with E-state index >= 15 is 0 Å². The van der Waals surface area contributed by atoms with E-state index in [0.29, 0.717) is 31.1 Å². The van der Waals surface area contributed by atoms with E-state index in [1.165, 1.54) is 4.31 Å². The molecule has 0 atom stereocenters. The topological polar surface area (TPSA) is 72.6 Å². The molecule has 5 nitrogen and oxygen atoms in total. The first-order valence-corrected chi connectivity index (χ1v) is 8.51. The molecule has 20 heavy (non-hydrogen) atoms. The highest BCUT2D eigenvalue weighted by molar-refractivity contribution is 7.89. The molecule has 1 aromatic carbocycles. The third-order valence-electron chi connectivity index (χ3n) is 3.16. The molecule has 0 radical (unpaired) electrons. The van der Waals surface area contributed by atoms with Gasteiger partial charge in [-0.05, 0) is 37.1 Å². The highest BCUT2D eigenvalue weighted by atomic mass is 32.2. The first-order chi connectivity index (χ1) is 9.49. The number of hydrogen-bond donors (Lipinski definition) is 1. The van der Waals surface area contributed by atoms with Crippen molar-refractivity contribution in [2.45, 2.75) is 12.8 Å². The van der Waals surface area contributed by atoms with Crippen molar-refractivity contribution >= 4 is 27.2 Å². The average molecular weight is 314 g/mol. The molecule has 0 amide bonds. The zero-order chi connectivity index (χ0) is 14.6. The maximum absolute atomic E-state index is 11.6. The molecule has 2 N–H and O–H groups in total. The third-order valence-corrected chi connectivity index (χ3v) is 5.35. The Morgan fingerprint density at radius 2 is 2.05 bits per heavy atom. The fourth-order valence-corrected chi connectivity index (χ4v) is 3.79. The average Bonchev–Trinajstić information content (AvgIpc) is 2.74. The molecule has 7 heteroatoms. The predicted octanol–water partition coefficient (Wildman–Crippen LogP) is 1.13. The largest absolute Gasteiger partial charge is 0.494 e. The molecule has 1 saturated heterocycles. The molecule has 1 heterocycles. The Balaban J connectivity index is 1.75. The second-order valence-corrected chi connectivity index (χ2v) is 7.19. The Morgan fingerprint density at radius 1 is 1.35 bits per heavy atom. The summed E-state index contributed by atoms with van der Waals surface area (Å²) >= 11 is 4.87. The molecule has 0 unspecified atom stereocenters. The van der Waals surface area contributed by atoms with Crippen LogP contribution in [0.25, 0.3) is 0 Å². The van der Waals surface area contributed by atoms with E-state index < -0.39 is 10.0 Å². The summed E-state index contributed by atoms with van der Waals surface area (Å²) < 4.78 is 30.3. The van der Waals surface area contributed by atoms with E-state index in [0.717, 1.165) is 17.7 Å². The molecular formula is C13H18N2O3S2. The quantitative estimate of drug-likeness (QED) is 0.629.